The molecular formula is C15H16N2O2. The number of benzene rings is 1. The monoisotopic (exact) mass is 256 g/mol. The number of hydrogen-bond donors (Lipinski definition) is 2. The number of aromatic nitrogens is 1. The smallest absolute Gasteiger partial charge is 0.340 e. The van der Waals surface area contributed by atoms with Gasteiger partial charge in [-0.25, -0.2) is 9.78 Å². The molecule has 0 bridgehead atoms. The summed E-state index contributed by atoms with van der Waals surface area (Å²) in [6.45, 7) is 2.09. The van der Waals surface area contributed by atoms with Crippen LogP contribution in [0.25, 0.3) is 11.1 Å². The van der Waals surface area contributed by atoms with E-state index in [9.17, 15) is 9.90 Å². The predicted molar refractivity (Wildman–Crippen MR) is 75.6 cm³/mol. The van der Waals surface area contributed by atoms with E-state index in [1.807, 2.05) is 24.3 Å². The van der Waals surface area contributed by atoms with E-state index in [0.29, 0.717) is 11.4 Å². The molecule has 1 heterocycles. The van der Waals surface area contributed by atoms with Crippen molar-refractivity contribution in [2.45, 2.75) is 13.3 Å². The van der Waals surface area contributed by atoms with Crippen LogP contribution in [0.2, 0.25) is 0 Å². The van der Waals surface area contributed by atoms with Crippen molar-refractivity contribution < 1.29 is 9.90 Å². The molecule has 0 aliphatic carbocycles. The highest BCUT2D eigenvalue weighted by Gasteiger charge is 2.17. The van der Waals surface area contributed by atoms with Crippen molar-refractivity contribution >= 4 is 11.8 Å². The number of nitrogens with zero attached hydrogens (tertiary/aromatic N) is 1. The van der Waals surface area contributed by atoms with Gasteiger partial charge in [0, 0.05) is 18.8 Å². The molecule has 0 spiro atoms. The first-order valence-electron chi connectivity index (χ1n) is 6.16. The number of carboxylic acid groups (broad SMARTS) is 1. The first-order chi connectivity index (χ1) is 9.17. The van der Waals surface area contributed by atoms with Crippen LogP contribution in [0.4, 0.5) is 5.82 Å². The Kier molecular flexibility index (Phi) is 3.80. The normalized spacial score (nSPS) is 10.2. The molecule has 0 unspecified atom stereocenters. The first kappa shape index (κ1) is 13.1. The molecule has 19 heavy (non-hydrogen) atoms. The van der Waals surface area contributed by atoms with Gasteiger partial charge in [0.25, 0.3) is 0 Å². The van der Waals surface area contributed by atoms with E-state index in [-0.39, 0.29) is 5.56 Å². The number of carbonyl (C=O) groups is 1. The SMILES string of the molecule is CCc1ccc(-c2ccnc(NC)c2C(=O)O)cc1. The zero-order valence-corrected chi connectivity index (χ0v) is 11.0. The van der Waals surface area contributed by atoms with Gasteiger partial charge in [0.05, 0.1) is 0 Å². The van der Waals surface area contributed by atoms with Crippen molar-refractivity contribution in [3.63, 3.8) is 0 Å². The van der Waals surface area contributed by atoms with E-state index in [4.69, 9.17) is 0 Å². The summed E-state index contributed by atoms with van der Waals surface area (Å²) in [6.07, 6.45) is 2.57. The molecule has 4 nitrogen and oxygen atoms in total. The zero-order chi connectivity index (χ0) is 13.8. The number of rotatable bonds is 4. The lowest BCUT2D eigenvalue weighted by Gasteiger charge is -2.10. The molecule has 0 aliphatic rings. The summed E-state index contributed by atoms with van der Waals surface area (Å²) in [5.74, 6) is -0.600. The van der Waals surface area contributed by atoms with E-state index in [0.717, 1.165) is 12.0 Å². The molecule has 0 fully saturated rings. The Morgan fingerprint density at radius 3 is 2.47 bits per heavy atom. The fourth-order valence-corrected chi connectivity index (χ4v) is 2.03. The van der Waals surface area contributed by atoms with Gasteiger partial charge in [0.15, 0.2) is 0 Å². The molecule has 98 valence electrons. The molecule has 0 atom stereocenters. The van der Waals surface area contributed by atoms with Gasteiger partial charge < -0.3 is 10.4 Å². The minimum Gasteiger partial charge on any atom is -0.478 e. The maximum Gasteiger partial charge on any atom is 0.340 e. The van der Waals surface area contributed by atoms with E-state index < -0.39 is 5.97 Å². The second kappa shape index (κ2) is 5.52. The molecule has 2 N–H and O–H groups in total. The van der Waals surface area contributed by atoms with Gasteiger partial charge in [0.1, 0.15) is 11.4 Å². The van der Waals surface area contributed by atoms with Crippen molar-refractivity contribution in [2.24, 2.45) is 0 Å². The van der Waals surface area contributed by atoms with Crippen molar-refractivity contribution in [3.8, 4) is 11.1 Å². The lowest BCUT2D eigenvalue weighted by atomic mass is 9.99. The number of aromatic carboxylic acids is 1. The van der Waals surface area contributed by atoms with Gasteiger partial charge in [-0.2, -0.15) is 0 Å². The van der Waals surface area contributed by atoms with Crippen LogP contribution in [0, 0.1) is 0 Å². The molecule has 2 rings (SSSR count). The maximum absolute atomic E-state index is 11.4. The molecule has 2 aromatic rings. The predicted octanol–water partition coefficient (Wildman–Crippen LogP) is 3.05. The van der Waals surface area contributed by atoms with E-state index in [2.05, 4.69) is 17.2 Å². The van der Waals surface area contributed by atoms with Crippen LogP contribution in [0.15, 0.2) is 36.5 Å². The van der Waals surface area contributed by atoms with Gasteiger partial charge >= 0.3 is 5.97 Å². The Morgan fingerprint density at radius 1 is 1.26 bits per heavy atom. The summed E-state index contributed by atoms with van der Waals surface area (Å²) in [5, 5.41) is 12.2. The lowest BCUT2D eigenvalue weighted by molar-refractivity contribution is 0.0698. The van der Waals surface area contributed by atoms with Crippen LogP contribution in [-0.4, -0.2) is 23.1 Å². The van der Waals surface area contributed by atoms with E-state index in [1.54, 1.807) is 19.3 Å². The van der Waals surface area contributed by atoms with E-state index in [1.165, 1.54) is 5.56 Å². The Bertz CT molecular complexity index is 592. The highest BCUT2D eigenvalue weighted by molar-refractivity contribution is 6.00. The number of anilines is 1. The fraction of sp³-hybridized carbons (Fsp3) is 0.200. The molecule has 1 aromatic heterocycles. The number of hydrogen-bond acceptors (Lipinski definition) is 3. The molecule has 0 saturated heterocycles. The number of pyridine rings is 1. The largest absolute Gasteiger partial charge is 0.478 e. The van der Waals surface area contributed by atoms with Crippen LogP contribution >= 0.6 is 0 Å². The van der Waals surface area contributed by atoms with Crippen LogP contribution in [0.3, 0.4) is 0 Å². The van der Waals surface area contributed by atoms with Crippen LogP contribution in [0.5, 0.6) is 0 Å². The van der Waals surface area contributed by atoms with Crippen LogP contribution < -0.4 is 5.32 Å². The van der Waals surface area contributed by atoms with Gasteiger partial charge in [-0.05, 0) is 23.6 Å². The average molecular weight is 256 g/mol. The summed E-state index contributed by atoms with van der Waals surface area (Å²) in [6, 6.07) is 9.65. The minimum absolute atomic E-state index is 0.203. The van der Waals surface area contributed by atoms with Gasteiger partial charge in [-0.15, -0.1) is 0 Å². The third kappa shape index (κ3) is 2.57. The van der Waals surface area contributed by atoms with Gasteiger partial charge in [-0.3, -0.25) is 0 Å². The van der Waals surface area contributed by atoms with Crippen molar-refractivity contribution in [3.05, 3.63) is 47.7 Å². The Hall–Kier alpha value is -2.36. The van der Waals surface area contributed by atoms with Crippen molar-refractivity contribution in [1.82, 2.24) is 4.98 Å². The molecule has 4 heteroatoms. The second-order valence-electron chi connectivity index (χ2n) is 4.19. The van der Waals surface area contributed by atoms with Gasteiger partial charge in [0.2, 0.25) is 0 Å². The Labute approximate surface area is 112 Å². The summed E-state index contributed by atoms with van der Waals surface area (Å²) in [7, 11) is 1.67. The first-order valence-corrected chi connectivity index (χ1v) is 6.16. The topological polar surface area (TPSA) is 62.2 Å². The van der Waals surface area contributed by atoms with Crippen LogP contribution in [0.1, 0.15) is 22.8 Å². The Balaban J connectivity index is 2.57. The van der Waals surface area contributed by atoms with Gasteiger partial charge in [-0.1, -0.05) is 31.2 Å². The summed E-state index contributed by atoms with van der Waals surface area (Å²) in [4.78, 5) is 15.5. The molecular weight excluding hydrogens is 240 g/mol. The molecule has 0 amide bonds. The fourth-order valence-electron chi connectivity index (χ4n) is 2.03. The summed E-state index contributed by atoms with van der Waals surface area (Å²) < 4.78 is 0. The molecule has 0 radical (unpaired) electrons. The molecule has 1 aromatic carbocycles. The second-order valence-corrected chi connectivity index (χ2v) is 4.19. The quantitative estimate of drug-likeness (QED) is 0.882. The number of carboxylic acids is 1. The number of aryl methyl sites for hydroxylation is 1. The minimum atomic E-state index is -0.980. The Morgan fingerprint density at radius 2 is 1.95 bits per heavy atom. The van der Waals surface area contributed by atoms with Crippen LogP contribution in [-0.2, 0) is 6.42 Å². The highest BCUT2D eigenvalue weighted by atomic mass is 16.4. The highest BCUT2D eigenvalue weighted by Crippen LogP contribution is 2.28. The summed E-state index contributed by atoms with van der Waals surface area (Å²) in [5.41, 5.74) is 2.99. The van der Waals surface area contributed by atoms with E-state index >= 15 is 0 Å². The maximum atomic E-state index is 11.4. The lowest BCUT2D eigenvalue weighted by Crippen LogP contribution is -2.07. The third-order valence-electron chi connectivity index (χ3n) is 3.07. The zero-order valence-electron chi connectivity index (χ0n) is 11.0. The average Bonchev–Trinajstić information content (AvgIpc) is 2.46. The standard InChI is InChI=1S/C15H16N2O2/c1-3-10-4-6-11(7-5-10)12-8-9-17-14(16-2)13(12)15(18)19/h4-9H,3H2,1-2H3,(H,16,17)(H,18,19). The molecule has 0 aliphatic heterocycles. The third-order valence-corrected chi connectivity index (χ3v) is 3.07. The van der Waals surface area contributed by atoms with Crippen molar-refractivity contribution in [2.75, 3.05) is 12.4 Å². The van der Waals surface area contributed by atoms with Crippen molar-refractivity contribution in [1.29, 1.82) is 0 Å². The molecule has 0 saturated carbocycles. The number of nitrogens with one attached hydrogen (secondary N) is 1. The summed E-state index contributed by atoms with van der Waals surface area (Å²) >= 11 is 0.